The molecule has 0 spiro atoms. The Bertz CT molecular complexity index is 404. The summed E-state index contributed by atoms with van der Waals surface area (Å²) < 4.78 is 7.70. The largest absolute Gasteiger partial charge is 0.327 e. The van der Waals surface area contributed by atoms with Gasteiger partial charge in [0.05, 0.1) is 11.7 Å². The second kappa shape index (κ2) is 1.88. The van der Waals surface area contributed by atoms with Crippen LogP contribution in [0.4, 0.5) is 0 Å². The Hall–Kier alpha value is -1.23. The minimum atomic E-state index is -0.175. The van der Waals surface area contributed by atoms with Crippen molar-refractivity contribution in [2.24, 2.45) is 0 Å². The van der Waals surface area contributed by atoms with Crippen molar-refractivity contribution in [1.82, 2.24) is 13.7 Å². The Morgan fingerprint density at radius 3 is 3.20 bits per heavy atom. The first-order valence-electron chi connectivity index (χ1n) is 2.68. The van der Waals surface area contributed by atoms with E-state index in [1.165, 1.54) is 0 Å². The van der Waals surface area contributed by atoms with Gasteiger partial charge in [0, 0.05) is 6.20 Å². The molecule has 0 radical (unpaired) electrons. The first kappa shape index (κ1) is 5.55. The normalized spacial score (nSPS) is 10.4. The van der Waals surface area contributed by atoms with Crippen LogP contribution in [-0.2, 0) is 0 Å². The summed E-state index contributed by atoms with van der Waals surface area (Å²) >= 11 is 1.05. The highest BCUT2D eigenvalue weighted by atomic mass is 32.1. The predicted molar refractivity (Wildman–Crippen MR) is 38.0 cm³/mol. The van der Waals surface area contributed by atoms with E-state index >= 15 is 0 Å². The van der Waals surface area contributed by atoms with Gasteiger partial charge in [-0.15, -0.1) is 0 Å². The average Bonchev–Trinajstić information content (AvgIpc) is 2.36. The first-order chi connectivity index (χ1) is 4.88. The van der Waals surface area contributed by atoms with Crippen molar-refractivity contribution in [2.75, 3.05) is 0 Å². The van der Waals surface area contributed by atoms with Crippen LogP contribution < -0.4 is 5.56 Å². The number of aromatic nitrogens is 3. The van der Waals surface area contributed by atoms with E-state index in [2.05, 4.69) is 13.7 Å². The van der Waals surface area contributed by atoms with Crippen molar-refractivity contribution in [3.05, 3.63) is 22.6 Å². The van der Waals surface area contributed by atoms with Crippen LogP contribution in [-0.4, -0.2) is 13.7 Å². The monoisotopic (exact) mass is 153 g/mol. The number of fused-ring (bicyclic) bond motifs is 1. The smallest absolute Gasteiger partial charge is 0.277 e. The second-order valence-corrected chi connectivity index (χ2v) is 2.33. The SMILES string of the molecule is O=c1[nH]ccc2nsnc12. The Labute approximate surface area is 59.9 Å². The summed E-state index contributed by atoms with van der Waals surface area (Å²) in [5, 5.41) is 0. The second-order valence-electron chi connectivity index (χ2n) is 1.80. The maximum Gasteiger partial charge on any atom is 0.277 e. The van der Waals surface area contributed by atoms with Crippen molar-refractivity contribution >= 4 is 22.8 Å². The summed E-state index contributed by atoms with van der Waals surface area (Å²) in [7, 11) is 0. The van der Waals surface area contributed by atoms with Crippen LogP contribution in [0.3, 0.4) is 0 Å². The number of nitrogens with one attached hydrogen (secondary N) is 1. The van der Waals surface area contributed by atoms with Gasteiger partial charge in [-0.3, -0.25) is 4.79 Å². The van der Waals surface area contributed by atoms with Gasteiger partial charge in [-0.25, -0.2) is 0 Å². The van der Waals surface area contributed by atoms with Gasteiger partial charge in [0.15, 0.2) is 5.52 Å². The molecule has 0 aromatic carbocycles. The lowest BCUT2D eigenvalue weighted by atomic mass is 10.4. The molecule has 0 unspecified atom stereocenters. The van der Waals surface area contributed by atoms with Gasteiger partial charge in [-0.1, -0.05) is 0 Å². The van der Waals surface area contributed by atoms with Crippen LogP contribution in [0, 0.1) is 0 Å². The molecule has 0 saturated carbocycles. The summed E-state index contributed by atoms with van der Waals surface area (Å²) in [5.41, 5.74) is 0.910. The molecule has 0 aliphatic heterocycles. The standard InChI is InChI=1S/C5H3N3OS/c9-5-4-3(1-2-6-5)7-10-8-4/h1-2H,(H,6,9). The fourth-order valence-electron chi connectivity index (χ4n) is 0.727. The molecular formula is C5H3N3OS. The molecule has 5 heteroatoms. The Morgan fingerprint density at radius 1 is 1.50 bits per heavy atom. The molecule has 0 saturated heterocycles. The zero-order valence-corrected chi connectivity index (χ0v) is 5.68. The molecule has 10 heavy (non-hydrogen) atoms. The van der Waals surface area contributed by atoms with Gasteiger partial charge < -0.3 is 4.98 Å². The lowest BCUT2D eigenvalue weighted by Gasteiger charge is -1.80. The number of nitrogens with zero attached hydrogens (tertiary/aromatic N) is 2. The number of H-pyrrole nitrogens is 1. The molecule has 0 bridgehead atoms. The highest BCUT2D eigenvalue weighted by Crippen LogP contribution is 2.02. The number of rotatable bonds is 0. The molecule has 2 rings (SSSR count). The highest BCUT2D eigenvalue weighted by molar-refractivity contribution is 7.00. The van der Waals surface area contributed by atoms with Gasteiger partial charge in [-0.05, 0) is 6.07 Å². The van der Waals surface area contributed by atoms with Gasteiger partial charge in [-0.2, -0.15) is 8.75 Å². The fourth-order valence-corrected chi connectivity index (χ4v) is 1.26. The third-order valence-electron chi connectivity index (χ3n) is 1.18. The molecular weight excluding hydrogens is 150 g/mol. The maximum atomic E-state index is 10.9. The first-order valence-corrected chi connectivity index (χ1v) is 3.41. The Kier molecular flexibility index (Phi) is 1.04. The van der Waals surface area contributed by atoms with Crippen molar-refractivity contribution in [1.29, 1.82) is 0 Å². The number of hydrogen-bond acceptors (Lipinski definition) is 4. The van der Waals surface area contributed by atoms with Gasteiger partial charge in [0.25, 0.3) is 5.56 Å². The van der Waals surface area contributed by atoms with Gasteiger partial charge in [0.1, 0.15) is 5.52 Å². The molecule has 0 aliphatic carbocycles. The molecule has 0 amide bonds. The van der Waals surface area contributed by atoms with E-state index in [4.69, 9.17) is 0 Å². The van der Waals surface area contributed by atoms with Gasteiger partial charge >= 0.3 is 0 Å². The zero-order valence-electron chi connectivity index (χ0n) is 4.87. The minimum Gasteiger partial charge on any atom is -0.327 e. The average molecular weight is 153 g/mol. The summed E-state index contributed by atoms with van der Waals surface area (Å²) in [6.07, 6.45) is 1.56. The van der Waals surface area contributed by atoms with Crippen LogP contribution in [0.1, 0.15) is 0 Å². The van der Waals surface area contributed by atoms with E-state index in [9.17, 15) is 4.79 Å². The summed E-state index contributed by atoms with van der Waals surface area (Å²) in [5.74, 6) is 0. The molecule has 2 aromatic rings. The lowest BCUT2D eigenvalue weighted by Crippen LogP contribution is -2.03. The molecule has 0 atom stereocenters. The molecule has 50 valence electrons. The van der Waals surface area contributed by atoms with Gasteiger partial charge in [0.2, 0.25) is 0 Å². The van der Waals surface area contributed by atoms with Crippen LogP contribution in [0.2, 0.25) is 0 Å². The molecule has 0 aliphatic rings. The highest BCUT2D eigenvalue weighted by Gasteiger charge is 1.99. The van der Waals surface area contributed by atoms with Crippen molar-refractivity contribution in [3.63, 3.8) is 0 Å². The Balaban J connectivity index is 3.09. The number of pyridine rings is 1. The summed E-state index contributed by atoms with van der Waals surface area (Å²) in [6, 6.07) is 1.72. The van der Waals surface area contributed by atoms with E-state index < -0.39 is 0 Å². The quantitative estimate of drug-likeness (QED) is 0.595. The molecule has 4 nitrogen and oxygen atoms in total. The summed E-state index contributed by atoms with van der Waals surface area (Å²) in [4.78, 5) is 13.4. The summed E-state index contributed by atoms with van der Waals surface area (Å²) in [6.45, 7) is 0. The van der Waals surface area contributed by atoms with Crippen molar-refractivity contribution in [3.8, 4) is 0 Å². The van der Waals surface area contributed by atoms with E-state index in [1.807, 2.05) is 0 Å². The van der Waals surface area contributed by atoms with E-state index in [1.54, 1.807) is 12.3 Å². The molecule has 1 N–H and O–H groups in total. The van der Waals surface area contributed by atoms with Crippen molar-refractivity contribution < 1.29 is 0 Å². The topological polar surface area (TPSA) is 58.6 Å². The van der Waals surface area contributed by atoms with Crippen LogP contribution >= 0.6 is 11.7 Å². The fraction of sp³-hybridized carbons (Fsp3) is 0. The van der Waals surface area contributed by atoms with E-state index in [0.717, 1.165) is 11.7 Å². The minimum absolute atomic E-state index is 0.175. The van der Waals surface area contributed by atoms with Crippen LogP contribution in [0.25, 0.3) is 11.0 Å². The Morgan fingerprint density at radius 2 is 2.40 bits per heavy atom. The number of hydrogen-bond donors (Lipinski definition) is 1. The van der Waals surface area contributed by atoms with Crippen LogP contribution in [0.15, 0.2) is 17.1 Å². The lowest BCUT2D eigenvalue weighted by molar-refractivity contribution is 1.26. The van der Waals surface area contributed by atoms with Crippen LogP contribution in [0.5, 0.6) is 0 Å². The van der Waals surface area contributed by atoms with E-state index in [-0.39, 0.29) is 5.56 Å². The predicted octanol–water partition coefficient (Wildman–Crippen LogP) is 0.380. The zero-order chi connectivity index (χ0) is 6.97. The van der Waals surface area contributed by atoms with E-state index in [0.29, 0.717) is 11.0 Å². The van der Waals surface area contributed by atoms with Crippen molar-refractivity contribution in [2.45, 2.75) is 0 Å². The maximum absolute atomic E-state index is 10.9. The molecule has 0 fully saturated rings. The number of aromatic amines is 1. The third kappa shape index (κ3) is 0.640. The molecule has 2 heterocycles. The third-order valence-corrected chi connectivity index (χ3v) is 1.73. The molecule has 2 aromatic heterocycles.